The van der Waals surface area contributed by atoms with E-state index in [9.17, 15) is 4.79 Å². The van der Waals surface area contributed by atoms with Crippen molar-refractivity contribution in [2.45, 2.75) is 6.92 Å². The van der Waals surface area contributed by atoms with Crippen molar-refractivity contribution in [2.75, 3.05) is 7.11 Å². The Morgan fingerprint density at radius 3 is 2.86 bits per heavy atom. The summed E-state index contributed by atoms with van der Waals surface area (Å²) in [5, 5.41) is 3.10. The highest BCUT2D eigenvalue weighted by Crippen LogP contribution is 2.31. The lowest BCUT2D eigenvalue weighted by atomic mass is 10.1. The third kappa shape index (κ3) is 1.30. The first-order valence-corrected chi connectivity index (χ1v) is 5.15. The minimum Gasteiger partial charge on any atom is -0.497 e. The summed E-state index contributed by atoms with van der Waals surface area (Å²) >= 11 is 1.63. The maximum Gasteiger partial charge on any atom is 0.150 e. The van der Waals surface area contributed by atoms with E-state index in [2.05, 4.69) is 5.38 Å². The highest BCUT2D eigenvalue weighted by molar-refractivity contribution is 7.17. The van der Waals surface area contributed by atoms with E-state index in [4.69, 9.17) is 4.74 Å². The maximum atomic E-state index is 10.9. The summed E-state index contributed by atoms with van der Waals surface area (Å²) in [6, 6.07) is 3.73. The number of hydrogen-bond acceptors (Lipinski definition) is 3. The molecule has 0 bridgehead atoms. The second-order valence-electron chi connectivity index (χ2n) is 3.13. The Balaban J connectivity index is 2.82. The van der Waals surface area contributed by atoms with Crippen molar-refractivity contribution >= 4 is 27.7 Å². The number of thiophene rings is 1. The van der Waals surface area contributed by atoms with Gasteiger partial charge in [-0.2, -0.15) is 0 Å². The summed E-state index contributed by atoms with van der Waals surface area (Å²) in [6.45, 7) is 2.01. The van der Waals surface area contributed by atoms with Gasteiger partial charge in [-0.1, -0.05) is 0 Å². The van der Waals surface area contributed by atoms with Crippen LogP contribution in [0.1, 0.15) is 15.9 Å². The molecule has 1 heterocycles. The molecule has 0 unspecified atom stereocenters. The molecule has 0 amide bonds. The van der Waals surface area contributed by atoms with Crippen LogP contribution in [0, 0.1) is 6.92 Å². The van der Waals surface area contributed by atoms with Gasteiger partial charge < -0.3 is 4.74 Å². The summed E-state index contributed by atoms with van der Waals surface area (Å²) in [5.41, 5.74) is 1.85. The molecule has 2 nitrogen and oxygen atoms in total. The number of fused-ring (bicyclic) bond motifs is 1. The van der Waals surface area contributed by atoms with E-state index >= 15 is 0 Å². The highest BCUT2D eigenvalue weighted by atomic mass is 32.1. The van der Waals surface area contributed by atoms with Gasteiger partial charge in [0.2, 0.25) is 0 Å². The van der Waals surface area contributed by atoms with Gasteiger partial charge >= 0.3 is 0 Å². The van der Waals surface area contributed by atoms with E-state index in [1.807, 2.05) is 13.0 Å². The average Bonchev–Trinajstić information content (AvgIpc) is 2.59. The van der Waals surface area contributed by atoms with E-state index in [1.54, 1.807) is 24.5 Å². The largest absolute Gasteiger partial charge is 0.497 e. The van der Waals surface area contributed by atoms with Crippen LogP contribution in [0.5, 0.6) is 5.75 Å². The molecule has 0 spiro atoms. The summed E-state index contributed by atoms with van der Waals surface area (Å²) in [6.07, 6.45) is 0.880. The number of benzene rings is 1. The molecule has 0 N–H and O–H groups in total. The number of hydrogen-bond donors (Lipinski definition) is 0. The van der Waals surface area contributed by atoms with Crippen LogP contribution in [0.2, 0.25) is 0 Å². The molecule has 0 aliphatic rings. The third-order valence-corrected chi connectivity index (χ3v) is 3.27. The molecule has 72 valence electrons. The number of carbonyl (C=O) groups is 1. The number of aryl methyl sites for hydroxylation is 1. The van der Waals surface area contributed by atoms with Gasteiger partial charge in [-0.3, -0.25) is 4.79 Å². The Morgan fingerprint density at radius 2 is 2.21 bits per heavy atom. The number of aldehydes is 1. The van der Waals surface area contributed by atoms with Crippen molar-refractivity contribution in [3.05, 3.63) is 28.6 Å². The van der Waals surface area contributed by atoms with Gasteiger partial charge in [-0.05, 0) is 30.0 Å². The molecule has 3 heteroatoms. The van der Waals surface area contributed by atoms with Crippen LogP contribution in [-0.4, -0.2) is 13.4 Å². The fraction of sp³-hybridized carbons (Fsp3) is 0.182. The zero-order chi connectivity index (χ0) is 10.1. The van der Waals surface area contributed by atoms with Crippen LogP contribution >= 0.6 is 11.3 Å². The van der Waals surface area contributed by atoms with Crippen molar-refractivity contribution in [1.82, 2.24) is 0 Å². The quantitative estimate of drug-likeness (QED) is 0.706. The molecule has 0 aliphatic heterocycles. The number of methoxy groups -OCH3 is 1. The zero-order valence-electron chi connectivity index (χ0n) is 8.03. The predicted molar refractivity (Wildman–Crippen MR) is 58.5 cm³/mol. The van der Waals surface area contributed by atoms with E-state index in [0.29, 0.717) is 5.56 Å². The molecule has 0 saturated heterocycles. The Morgan fingerprint density at radius 1 is 1.43 bits per heavy atom. The third-order valence-electron chi connectivity index (χ3n) is 2.23. The van der Waals surface area contributed by atoms with Gasteiger partial charge in [-0.15, -0.1) is 11.3 Å². The number of rotatable bonds is 2. The Bertz CT molecular complexity index is 485. The fourth-order valence-corrected chi connectivity index (χ4v) is 2.55. The molecule has 1 aromatic heterocycles. The van der Waals surface area contributed by atoms with E-state index in [0.717, 1.165) is 27.7 Å². The topological polar surface area (TPSA) is 26.3 Å². The molecule has 14 heavy (non-hydrogen) atoms. The molecule has 2 rings (SSSR count). The standard InChI is InChI=1S/C11H10O2S/c1-7-6-14-10-4-9(13-2)3-8(5-12)11(7)10/h3-6H,1-2H3. The van der Waals surface area contributed by atoms with Crippen LogP contribution in [0.15, 0.2) is 17.5 Å². The molecule has 0 aliphatic carbocycles. The van der Waals surface area contributed by atoms with E-state index in [-0.39, 0.29) is 0 Å². The molecule has 1 aromatic carbocycles. The number of ether oxygens (including phenoxy) is 1. The highest BCUT2D eigenvalue weighted by Gasteiger charge is 2.07. The predicted octanol–water partition coefficient (Wildman–Crippen LogP) is 3.03. The first-order valence-electron chi connectivity index (χ1n) is 4.27. The van der Waals surface area contributed by atoms with Gasteiger partial charge in [0.1, 0.15) is 5.75 Å². The maximum absolute atomic E-state index is 10.9. The monoisotopic (exact) mass is 206 g/mol. The SMILES string of the molecule is COc1cc(C=O)c2c(C)csc2c1. The van der Waals surface area contributed by atoms with Gasteiger partial charge in [0.15, 0.2) is 6.29 Å². The van der Waals surface area contributed by atoms with Crippen LogP contribution in [0.3, 0.4) is 0 Å². The minimum absolute atomic E-state index is 0.707. The van der Waals surface area contributed by atoms with Crippen LogP contribution in [-0.2, 0) is 0 Å². The lowest BCUT2D eigenvalue weighted by Gasteiger charge is -2.02. The summed E-state index contributed by atoms with van der Waals surface area (Å²) < 4.78 is 6.22. The molecule has 0 atom stereocenters. The molecule has 0 saturated carbocycles. The second kappa shape index (κ2) is 3.42. The van der Waals surface area contributed by atoms with Gasteiger partial charge in [0.25, 0.3) is 0 Å². The van der Waals surface area contributed by atoms with Crippen LogP contribution in [0.4, 0.5) is 0 Å². The lowest BCUT2D eigenvalue weighted by Crippen LogP contribution is -1.87. The van der Waals surface area contributed by atoms with Crippen molar-refractivity contribution in [1.29, 1.82) is 0 Å². The average molecular weight is 206 g/mol. The Kier molecular flexibility index (Phi) is 2.25. The van der Waals surface area contributed by atoms with Crippen molar-refractivity contribution in [3.8, 4) is 5.75 Å². The van der Waals surface area contributed by atoms with E-state index < -0.39 is 0 Å². The van der Waals surface area contributed by atoms with E-state index in [1.165, 1.54) is 0 Å². The van der Waals surface area contributed by atoms with Crippen molar-refractivity contribution in [3.63, 3.8) is 0 Å². The van der Waals surface area contributed by atoms with Gasteiger partial charge in [0.05, 0.1) is 7.11 Å². The Labute approximate surface area is 86.1 Å². The molecular weight excluding hydrogens is 196 g/mol. The minimum atomic E-state index is 0.707. The molecule has 0 radical (unpaired) electrons. The zero-order valence-corrected chi connectivity index (χ0v) is 8.85. The Hall–Kier alpha value is -1.35. The van der Waals surface area contributed by atoms with Gasteiger partial charge in [0, 0.05) is 15.6 Å². The van der Waals surface area contributed by atoms with Crippen LogP contribution < -0.4 is 4.74 Å². The normalized spacial score (nSPS) is 10.4. The summed E-state index contributed by atoms with van der Waals surface area (Å²) in [4.78, 5) is 10.9. The second-order valence-corrected chi connectivity index (χ2v) is 4.04. The van der Waals surface area contributed by atoms with Gasteiger partial charge in [-0.25, -0.2) is 0 Å². The summed E-state index contributed by atoms with van der Waals surface area (Å²) in [7, 11) is 1.61. The number of carbonyl (C=O) groups excluding carboxylic acids is 1. The van der Waals surface area contributed by atoms with Crippen molar-refractivity contribution in [2.24, 2.45) is 0 Å². The molecular formula is C11H10O2S. The lowest BCUT2D eigenvalue weighted by molar-refractivity contribution is 0.112. The van der Waals surface area contributed by atoms with Crippen LogP contribution in [0.25, 0.3) is 10.1 Å². The fourth-order valence-electron chi connectivity index (χ4n) is 1.55. The molecule has 2 aromatic rings. The first kappa shape index (κ1) is 9.21. The smallest absolute Gasteiger partial charge is 0.150 e. The first-order chi connectivity index (χ1) is 6.76. The van der Waals surface area contributed by atoms with Crippen molar-refractivity contribution < 1.29 is 9.53 Å². The molecule has 0 fully saturated rings. The summed E-state index contributed by atoms with van der Waals surface area (Å²) in [5.74, 6) is 0.737.